The van der Waals surface area contributed by atoms with Crippen molar-refractivity contribution in [3.05, 3.63) is 54.0 Å². The van der Waals surface area contributed by atoms with Gasteiger partial charge in [-0.3, -0.25) is 4.98 Å². The van der Waals surface area contributed by atoms with Crippen molar-refractivity contribution in [2.75, 3.05) is 11.4 Å². The Kier molecular flexibility index (Phi) is 5.24. The predicted molar refractivity (Wildman–Crippen MR) is 82.4 cm³/mol. The SMILES string of the molecule is CC(N)c1ccc(N(CCC#N)Cc2cccnc2)nc1. The summed E-state index contributed by atoms with van der Waals surface area (Å²) in [7, 11) is 0. The average Bonchev–Trinajstić information content (AvgIpc) is 2.52. The molecule has 1 atom stereocenters. The van der Waals surface area contributed by atoms with E-state index in [1.54, 1.807) is 12.4 Å². The zero-order valence-electron chi connectivity index (χ0n) is 12.1. The third-order valence-corrected chi connectivity index (χ3v) is 3.21. The summed E-state index contributed by atoms with van der Waals surface area (Å²) in [4.78, 5) is 10.7. The number of hydrogen-bond donors (Lipinski definition) is 1. The molecule has 0 saturated heterocycles. The molecule has 0 fully saturated rings. The summed E-state index contributed by atoms with van der Waals surface area (Å²) in [6, 6.07) is 10.0. The minimum Gasteiger partial charge on any atom is -0.351 e. The maximum Gasteiger partial charge on any atom is 0.128 e. The molecule has 0 bridgehead atoms. The second-order valence-electron chi connectivity index (χ2n) is 4.93. The summed E-state index contributed by atoms with van der Waals surface area (Å²) >= 11 is 0. The molecule has 2 rings (SSSR count). The van der Waals surface area contributed by atoms with E-state index in [0.29, 0.717) is 19.5 Å². The lowest BCUT2D eigenvalue weighted by atomic mass is 10.1. The maximum atomic E-state index is 8.82. The zero-order chi connectivity index (χ0) is 15.1. The van der Waals surface area contributed by atoms with Crippen molar-refractivity contribution in [1.82, 2.24) is 9.97 Å². The highest BCUT2D eigenvalue weighted by Crippen LogP contribution is 2.17. The standard InChI is InChI=1S/C16H19N5/c1-13(18)15-5-6-16(20-11-15)21(9-3-7-17)12-14-4-2-8-19-10-14/h2,4-6,8,10-11,13H,3,9,12,18H2,1H3. The van der Waals surface area contributed by atoms with Crippen LogP contribution < -0.4 is 10.6 Å². The summed E-state index contributed by atoms with van der Waals surface area (Å²) in [5.74, 6) is 0.846. The normalized spacial score (nSPS) is 11.7. The van der Waals surface area contributed by atoms with Crippen LogP contribution >= 0.6 is 0 Å². The monoisotopic (exact) mass is 281 g/mol. The first kappa shape index (κ1) is 14.9. The van der Waals surface area contributed by atoms with E-state index in [2.05, 4.69) is 20.9 Å². The van der Waals surface area contributed by atoms with Crippen molar-refractivity contribution in [3.63, 3.8) is 0 Å². The molecule has 0 amide bonds. The molecule has 5 nitrogen and oxygen atoms in total. The average molecular weight is 281 g/mol. The van der Waals surface area contributed by atoms with Crippen LogP contribution in [-0.2, 0) is 6.54 Å². The van der Waals surface area contributed by atoms with Gasteiger partial charge in [0.15, 0.2) is 0 Å². The van der Waals surface area contributed by atoms with E-state index >= 15 is 0 Å². The summed E-state index contributed by atoms with van der Waals surface area (Å²) in [6.07, 6.45) is 5.83. The van der Waals surface area contributed by atoms with Crippen molar-refractivity contribution in [1.29, 1.82) is 5.26 Å². The number of hydrogen-bond acceptors (Lipinski definition) is 5. The Balaban J connectivity index is 2.17. The van der Waals surface area contributed by atoms with Crippen LogP contribution in [0.25, 0.3) is 0 Å². The van der Waals surface area contributed by atoms with Crippen LogP contribution in [0.3, 0.4) is 0 Å². The molecule has 0 aliphatic heterocycles. The van der Waals surface area contributed by atoms with Crippen molar-refractivity contribution in [3.8, 4) is 6.07 Å². The molecule has 2 aromatic rings. The molecule has 0 saturated carbocycles. The lowest BCUT2D eigenvalue weighted by Crippen LogP contribution is -2.24. The van der Waals surface area contributed by atoms with Crippen LogP contribution in [0.5, 0.6) is 0 Å². The highest BCUT2D eigenvalue weighted by atomic mass is 15.2. The van der Waals surface area contributed by atoms with Crippen molar-refractivity contribution < 1.29 is 0 Å². The summed E-state index contributed by atoms with van der Waals surface area (Å²) in [5.41, 5.74) is 7.93. The molecule has 0 radical (unpaired) electrons. The first-order valence-electron chi connectivity index (χ1n) is 6.93. The van der Waals surface area contributed by atoms with Gasteiger partial charge in [-0.15, -0.1) is 0 Å². The van der Waals surface area contributed by atoms with Gasteiger partial charge in [-0.25, -0.2) is 4.98 Å². The van der Waals surface area contributed by atoms with Gasteiger partial charge in [0.1, 0.15) is 5.82 Å². The number of rotatable bonds is 6. The molecule has 2 aromatic heterocycles. The Hall–Kier alpha value is -2.45. The molecule has 0 aliphatic rings. The first-order valence-corrected chi connectivity index (χ1v) is 6.93. The second-order valence-corrected chi connectivity index (χ2v) is 4.93. The van der Waals surface area contributed by atoms with Crippen molar-refractivity contribution >= 4 is 5.82 Å². The number of anilines is 1. The van der Waals surface area contributed by atoms with E-state index in [9.17, 15) is 0 Å². The molecule has 108 valence electrons. The van der Waals surface area contributed by atoms with Crippen molar-refractivity contribution in [2.45, 2.75) is 25.9 Å². The van der Waals surface area contributed by atoms with Gasteiger partial charge in [-0.2, -0.15) is 5.26 Å². The number of nitrogens with two attached hydrogens (primary N) is 1. The second kappa shape index (κ2) is 7.36. The Morgan fingerprint density at radius 1 is 1.33 bits per heavy atom. The smallest absolute Gasteiger partial charge is 0.128 e. The van der Waals surface area contributed by atoms with Gasteiger partial charge in [0.2, 0.25) is 0 Å². The Bertz CT molecular complexity index is 586. The molecule has 2 heterocycles. The van der Waals surface area contributed by atoms with Crippen LogP contribution in [0.15, 0.2) is 42.9 Å². The van der Waals surface area contributed by atoms with Crippen LogP contribution in [0, 0.1) is 11.3 Å². The lowest BCUT2D eigenvalue weighted by molar-refractivity contribution is 0.771. The number of pyridine rings is 2. The van der Waals surface area contributed by atoms with E-state index in [1.807, 2.05) is 37.4 Å². The van der Waals surface area contributed by atoms with Gasteiger partial charge >= 0.3 is 0 Å². The molecule has 1 unspecified atom stereocenters. The highest BCUT2D eigenvalue weighted by molar-refractivity contribution is 5.40. The van der Waals surface area contributed by atoms with E-state index in [4.69, 9.17) is 11.0 Å². The van der Waals surface area contributed by atoms with Crippen LogP contribution in [-0.4, -0.2) is 16.5 Å². The van der Waals surface area contributed by atoms with Gasteiger partial charge in [-0.1, -0.05) is 12.1 Å². The third-order valence-electron chi connectivity index (χ3n) is 3.21. The lowest BCUT2D eigenvalue weighted by Gasteiger charge is -2.23. The first-order chi connectivity index (χ1) is 10.2. The van der Waals surface area contributed by atoms with Crippen molar-refractivity contribution in [2.24, 2.45) is 5.73 Å². The molecule has 0 aliphatic carbocycles. The minimum absolute atomic E-state index is 0.0302. The minimum atomic E-state index is -0.0302. The predicted octanol–water partition coefficient (Wildman–Crippen LogP) is 2.42. The molecule has 0 spiro atoms. The summed E-state index contributed by atoms with van der Waals surface area (Å²) < 4.78 is 0. The maximum absolute atomic E-state index is 8.82. The van der Waals surface area contributed by atoms with Gasteiger partial charge in [0, 0.05) is 37.7 Å². The summed E-state index contributed by atoms with van der Waals surface area (Å²) in [6.45, 7) is 3.25. The van der Waals surface area contributed by atoms with E-state index in [0.717, 1.165) is 16.9 Å². The quantitative estimate of drug-likeness (QED) is 0.879. The topological polar surface area (TPSA) is 78.8 Å². The van der Waals surface area contributed by atoms with E-state index in [-0.39, 0.29) is 6.04 Å². The fourth-order valence-corrected chi connectivity index (χ4v) is 2.03. The van der Waals surface area contributed by atoms with Gasteiger partial charge in [-0.05, 0) is 30.2 Å². The molecular formula is C16H19N5. The number of nitrogens with zero attached hydrogens (tertiary/aromatic N) is 4. The largest absolute Gasteiger partial charge is 0.351 e. The van der Waals surface area contributed by atoms with E-state index in [1.165, 1.54) is 0 Å². The molecule has 21 heavy (non-hydrogen) atoms. The van der Waals surface area contributed by atoms with E-state index < -0.39 is 0 Å². The highest BCUT2D eigenvalue weighted by Gasteiger charge is 2.09. The fourth-order valence-electron chi connectivity index (χ4n) is 2.03. The van der Waals surface area contributed by atoms with Gasteiger partial charge < -0.3 is 10.6 Å². The van der Waals surface area contributed by atoms with Crippen LogP contribution in [0.1, 0.15) is 30.5 Å². The molecule has 0 aromatic carbocycles. The number of nitriles is 1. The van der Waals surface area contributed by atoms with Gasteiger partial charge in [0.25, 0.3) is 0 Å². The molecule has 2 N–H and O–H groups in total. The molecule has 5 heteroatoms. The van der Waals surface area contributed by atoms with Crippen LogP contribution in [0.4, 0.5) is 5.82 Å². The Morgan fingerprint density at radius 3 is 2.76 bits per heavy atom. The van der Waals surface area contributed by atoms with Crippen LogP contribution in [0.2, 0.25) is 0 Å². The zero-order valence-corrected chi connectivity index (χ0v) is 12.1. The third kappa shape index (κ3) is 4.26. The summed E-state index contributed by atoms with van der Waals surface area (Å²) in [5, 5.41) is 8.82. The molecular weight excluding hydrogens is 262 g/mol. The Morgan fingerprint density at radius 2 is 2.19 bits per heavy atom. The van der Waals surface area contributed by atoms with Gasteiger partial charge in [0.05, 0.1) is 12.5 Å². The number of aromatic nitrogens is 2. The fraction of sp³-hybridized carbons (Fsp3) is 0.312. The Labute approximate surface area is 125 Å².